The van der Waals surface area contributed by atoms with Crippen LogP contribution in [0, 0.1) is 19.8 Å². The number of rotatable bonds is 6. The maximum atomic E-state index is 3.66. The third-order valence-electron chi connectivity index (χ3n) is 3.42. The molecule has 0 saturated heterocycles. The fraction of sp³-hybridized carbons (Fsp3) is 0.667. The van der Waals surface area contributed by atoms with Gasteiger partial charge in [0, 0.05) is 5.54 Å². The molecule has 1 unspecified atom stereocenters. The second-order valence-electron chi connectivity index (χ2n) is 6.99. The van der Waals surface area contributed by atoms with Crippen molar-refractivity contribution >= 4 is 0 Å². The van der Waals surface area contributed by atoms with Crippen molar-refractivity contribution in [3.63, 3.8) is 0 Å². The van der Waals surface area contributed by atoms with Gasteiger partial charge in [-0.25, -0.2) is 0 Å². The van der Waals surface area contributed by atoms with Gasteiger partial charge < -0.3 is 5.32 Å². The zero-order chi connectivity index (χ0) is 14.5. The molecule has 1 N–H and O–H groups in total. The average molecular weight is 261 g/mol. The third-order valence-corrected chi connectivity index (χ3v) is 3.42. The quantitative estimate of drug-likeness (QED) is 0.786. The first kappa shape index (κ1) is 16.2. The first-order chi connectivity index (χ1) is 8.80. The lowest BCUT2D eigenvalue weighted by atomic mass is 9.92. The standard InChI is InChI=1S/C18H31N/c1-7-8-16(13-19-18(4,5)6)12-17-10-14(2)9-15(3)11-17/h9-11,16,19H,7-8,12-13H2,1-6H3. The predicted octanol–water partition coefficient (Wildman–Crippen LogP) is 4.65. The van der Waals surface area contributed by atoms with Crippen LogP contribution in [0.15, 0.2) is 18.2 Å². The highest BCUT2D eigenvalue weighted by Crippen LogP contribution is 2.17. The number of aryl methyl sites for hydroxylation is 2. The highest BCUT2D eigenvalue weighted by atomic mass is 14.9. The van der Waals surface area contributed by atoms with Crippen LogP contribution < -0.4 is 5.32 Å². The maximum Gasteiger partial charge on any atom is 0.00966 e. The van der Waals surface area contributed by atoms with Crippen molar-refractivity contribution in [3.8, 4) is 0 Å². The summed E-state index contributed by atoms with van der Waals surface area (Å²) in [5.41, 5.74) is 4.48. The molecule has 1 heteroatoms. The van der Waals surface area contributed by atoms with Crippen molar-refractivity contribution in [2.75, 3.05) is 6.54 Å². The molecule has 0 aliphatic heterocycles. The van der Waals surface area contributed by atoms with Gasteiger partial charge >= 0.3 is 0 Å². The van der Waals surface area contributed by atoms with Crippen molar-refractivity contribution in [1.82, 2.24) is 5.32 Å². The van der Waals surface area contributed by atoms with E-state index in [4.69, 9.17) is 0 Å². The Morgan fingerprint density at radius 1 is 1.05 bits per heavy atom. The van der Waals surface area contributed by atoms with E-state index in [2.05, 4.69) is 65.1 Å². The lowest BCUT2D eigenvalue weighted by Gasteiger charge is -2.25. The van der Waals surface area contributed by atoms with Crippen LogP contribution in [0.4, 0.5) is 0 Å². The largest absolute Gasteiger partial charge is 0.312 e. The van der Waals surface area contributed by atoms with Gasteiger partial charge in [-0.3, -0.25) is 0 Å². The Morgan fingerprint density at radius 2 is 1.63 bits per heavy atom. The molecule has 0 heterocycles. The van der Waals surface area contributed by atoms with Crippen LogP contribution in [0.25, 0.3) is 0 Å². The van der Waals surface area contributed by atoms with Gasteiger partial charge in [0.1, 0.15) is 0 Å². The van der Waals surface area contributed by atoms with Crippen LogP contribution in [-0.2, 0) is 6.42 Å². The molecule has 1 aromatic rings. The van der Waals surface area contributed by atoms with Crippen molar-refractivity contribution in [2.45, 2.75) is 66.3 Å². The van der Waals surface area contributed by atoms with Gasteiger partial charge in [-0.1, -0.05) is 42.7 Å². The van der Waals surface area contributed by atoms with Crippen LogP contribution in [0.2, 0.25) is 0 Å². The molecule has 0 aliphatic carbocycles. The molecule has 0 aliphatic rings. The third kappa shape index (κ3) is 6.77. The normalized spacial score (nSPS) is 13.6. The highest BCUT2D eigenvalue weighted by molar-refractivity contribution is 5.28. The summed E-state index contributed by atoms with van der Waals surface area (Å²) in [5.74, 6) is 0.741. The summed E-state index contributed by atoms with van der Waals surface area (Å²) in [7, 11) is 0. The van der Waals surface area contributed by atoms with E-state index in [0.29, 0.717) is 0 Å². The van der Waals surface area contributed by atoms with E-state index in [0.717, 1.165) is 12.5 Å². The molecule has 1 rings (SSSR count). The lowest BCUT2D eigenvalue weighted by molar-refractivity contribution is 0.355. The molecule has 1 atom stereocenters. The van der Waals surface area contributed by atoms with Crippen molar-refractivity contribution in [3.05, 3.63) is 34.9 Å². The van der Waals surface area contributed by atoms with Gasteiger partial charge in [0.05, 0.1) is 0 Å². The average Bonchev–Trinajstić information content (AvgIpc) is 2.23. The molecule has 1 nitrogen and oxygen atoms in total. The Morgan fingerprint density at radius 3 is 2.11 bits per heavy atom. The summed E-state index contributed by atoms with van der Waals surface area (Å²) < 4.78 is 0. The van der Waals surface area contributed by atoms with E-state index < -0.39 is 0 Å². The predicted molar refractivity (Wildman–Crippen MR) is 85.8 cm³/mol. The zero-order valence-corrected chi connectivity index (χ0v) is 13.6. The van der Waals surface area contributed by atoms with Gasteiger partial charge in [0.2, 0.25) is 0 Å². The van der Waals surface area contributed by atoms with E-state index >= 15 is 0 Å². The molecule has 0 aromatic heterocycles. The van der Waals surface area contributed by atoms with E-state index in [9.17, 15) is 0 Å². The molecule has 1 aromatic carbocycles. The number of hydrogen-bond acceptors (Lipinski definition) is 1. The van der Waals surface area contributed by atoms with Gasteiger partial charge in [-0.15, -0.1) is 0 Å². The first-order valence-corrected chi connectivity index (χ1v) is 7.62. The number of benzene rings is 1. The minimum absolute atomic E-state index is 0.217. The summed E-state index contributed by atoms with van der Waals surface area (Å²) in [6, 6.07) is 6.94. The van der Waals surface area contributed by atoms with E-state index in [1.807, 2.05) is 0 Å². The molecular formula is C18H31N. The molecule has 0 bridgehead atoms. The molecule has 19 heavy (non-hydrogen) atoms. The van der Waals surface area contributed by atoms with Crippen LogP contribution >= 0.6 is 0 Å². The molecule has 0 fully saturated rings. The highest BCUT2D eigenvalue weighted by Gasteiger charge is 2.14. The first-order valence-electron chi connectivity index (χ1n) is 7.62. The Labute approximate surface area is 119 Å². The van der Waals surface area contributed by atoms with Gasteiger partial charge in [-0.05, 0) is 65.5 Å². The van der Waals surface area contributed by atoms with Crippen LogP contribution in [0.5, 0.6) is 0 Å². The summed E-state index contributed by atoms with van der Waals surface area (Å²) in [6.07, 6.45) is 3.76. The topological polar surface area (TPSA) is 12.0 Å². The molecule has 0 amide bonds. The summed E-state index contributed by atoms with van der Waals surface area (Å²) in [4.78, 5) is 0. The SMILES string of the molecule is CCCC(CNC(C)(C)C)Cc1cc(C)cc(C)c1. The molecular weight excluding hydrogens is 230 g/mol. The van der Waals surface area contributed by atoms with Gasteiger partial charge in [0.25, 0.3) is 0 Å². The van der Waals surface area contributed by atoms with E-state index in [-0.39, 0.29) is 5.54 Å². The fourth-order valence-corrected chi connectivity index (χ4v) is 2.66. The van der Waals surface area contributed by atoms with Crippen LogP contribution in [-0.4, -0.2) is 12.1 Å². The van der Waals surface area contributed by atoms with Crippen molar-refractivity contribution < 1.29 is 0 Å². The molecule has 0 saturated carbocycles. The summed E-state index contributed by atoms with van der Waals surface area (Å²) >= 11 is 0. The number of hydrogen-bond donors (Lipinski definition) is 1. The van der Waals surface area contributed by atoms with Crippen molar-refractivity contribution in [1.29, 1.82) is 0 Å². The minimum Gasteiger partial charge on any atom is -0.312 e. The maximum absolute atomic E-state index is 3.66. The Balaban J connectivity index is 2.66. The molecule has 0 radical (unpaired) electrons. The minimum atomic E-state index is 0.217. The van der Waals surface area contributed by atoms with E-state index in [1.54, 1.807) is 0 Å². The Kier molecular flexibility index (Phi) is 6.06. The molecule has 0 spiro atoms. The smallest absolute Gasteiger partial charge is 0.00966 e. The van der Waals surface area contributed by atoms with Crippen LogP contribution in [0.1, 0.15) is 57.2 Å². The second kappa shape index (κ2) is 7.09. The van der Waals surface area contributed by atoms with Crippen LogP contribution in [0.3, 0.4) is 0 Å². The van der Waals surface area contributed by atoms with E-state index in [1.165, 1.54) is 36.0 Å². The fourth-order valence-electron chi connectivity index (χ4n) is 2.66. The Bertz CT molecular complexity index is 367. The molecule has 108 valence electrons. The summed E-state index contributed by atoms with van der Waals surface area (Å²) in [5, 5.41) is 3.66. The lowest BCUT2D eigenvalue weighted by Crippen LogP contribution is -2.39. The summed E-state index contributed by atoms with van der Waals surface area (Å²) in [6.45, 7) is 14.5. The Hall–Kier alpha value is -0.820. The second-order valence-corrected chi connectivity index (χ2v) is 6.99. The zero-order valence-electron chi connectivity index (χ0n) is 13.6. The monoisotopic (exact) mass is 261 g/mol. The van der Waals surface area contributed by atoms with Gasteiger partial charge in [0.15, 0.2) is 0 Å². The van der Waals surface area contributed by atoms with Gasteiger partial charge in [-0.2, -0.15) is 0 Å². The van der Waals surface area contributed by atoms with Crippen molar-refractivity contribution in [2.24, 2.45) is 5.92 Å². The number of nitrogens with one attached hydrogen (secondary N) is 1.